The topological polar surface area (TPSA) is 75.3 Å². The smallest absolute Gasteiger partial charge is 0.245 e. The van der Waals surface area contributed by atoms with E-state index in [2.05, 4.69) is 20.5 Å². The van der Waals surface area contributed by atoms with E-state index in [4.69, 9.17) is 39.6 Å². The number of hydrogen-bond acceptors (Lipinski definition) is 7. The molecule has 11 heteroatoms. The second kappa shape index (κ2) is 13.3. The predicted molar refractivity (Wildman–Crippen MR) is 142 cm³/mol. The van der Waals surface area contributed by atoms with Crippen LogP contribution in [-0.2, 0) is 9.63 Å². The molecular weight excluding hydrogens is 523 g/mol. The predicted octanol–water partition coefficient (Wildman–Crippen LogP) is 5.99. The Kier molecular flexibility index (Phi) is 10.5. The number of hydrogen-bond donors (Lipinski definition) is 3. The molecule has 0 radical (unpaired) electrons. The van der Waals surface area contributed by atoms with Gasteiger partial charge in [-0.05, 0) is 35.7 Å². The molecule has 6 nitrogen and oxygen atoms in total. The van der Waals surface area contributed by atoms with Crippen LogP contribution in [0.5, 0.6) is 0 Å². The Bertz CT molecular complexity index is 1060. The first-order chi connectivity index (χ1) is 15.9. The van der Waals surface area contributed by atoms with Crippen molar-refractivity contribution in [3.63, 3.8) is 0 Å². The lowest BCUT2D eigenvalue weighted by molar-refractivity contribution is -0.118. The molecule has 1 amide bonds. The monoisotopic (exact) mass is 542 g/mol. The average molecular weight is 544 g/mol. The Morgan fingerprint density at radius 2 is 1.88 bits per heavy atom. The number of pyridine rings is 1. The van der Waals surface area contributed by atoms with Crippen LogP contribution in [0.3, 0.4) is 0 Å². The minimum absolute atomic E-state index is 0.273. The van der Waals surface area contributed by atoms with Crippen LogP contribution in [-0.4, -0.2) is 31.9 Å². The van der Waals surface area contributed by atoms with Crippen LogP contribution < -0.4 is 15.5 Å². The fraction of sp³-hybridized carbons (Fsp3) is 0.182. The first kappa shape index (κ1) is 26.0. The third-order valence-electron chi connectivity index (χ3n) is 4.14. The maximum absolute atomic E-state index is 12.2. The number of thioether (sulfide) groups is 1. The molecule has 0 saturated heterocycles. The summed E-state index contributed by atoms with van der Waals surface area (Å²) in [5.74, 6) is -0.155. The SMILES string of the molecule is O=C(C=Cc1ccccc1)NC(NOCSCSNc1cccc2cccnc12)C(Cl)(Cl)Cl. The van der Waals surface area contributed by atoms with Crippen LogP contribution in [0.15, 0.2) is 72.9 Å². The van der Waals surface area contributed by atoms with Gasteiger partial charge in [0.15, 0.2) is 6.17 Å². The van der Waals surface area contributed by atoms with E-state index in [9.17, 15) is 4.79 Å². The summed E-state index contributed by atoms with van der Waals surface area (Å²) in [7, 11) is 0. The fourth-order valence-electron chi connectivity index (χ4n) is 2.63. The average Bonchev–Trinajstić information content (AvgIpc) is 2.81. The lowest BCUT2D eigenvalue weighted by Crippen LogP contribution is -2.52. The number of nitrogens with one attached hydrogen (secondary N) is 3. The molecule has 0 aliphatic rings. The number of alkyl halides is 3. The third-order valence-corrected chi connectivity index (χ3v) is 6.58. The van der Waals surface area contributed by atoms with Crippen molar-refractivity contribution in [2.75, 3.05) is 15.7 Å². The van der Waals surface area contributed by atoms with Gasteiger partial charge in [-0.3, -0.25) is 14.6 Å². The molecule has 0 bridgehead atoms. The van der Waals surface area contributed by atoms with E-state index in [1.165, 1.54) is 29.8 Å². The summed E-state index contributed by atoms with van der Waals surface area (Å²) in [6, 6.07) is 19.3. The van der Waals surface area contributed by atoms with Crippen molar-refractivity contribution in [1.82, 2.24) is 15.8 Å². The molecule has 0 aliphatic carbocycles. The van der Waals surface area contributed by atoms with E-state index in [0.29, 0.717) is 5.08 Å². The van der Waals surface area contributed by atoms with Gasteiger partial charge in [0.1, 0.15) is 5.94 Å². The summed E-state index contributed by atoms with van der Waals surface area (Å²) in [5, 5.41) is 4.34. The number of halogens is 3. The quantitative estimate of drug-likeness (QED) is 0.0685. The molecule has 1 unspecified atom stereocenters. The molecule has 3 N–H and O–H groups in total. The van der Waals surface area contributed by atoms with Crippen molar-refractivity contribution in [2.45, 2.75) is 9.96 Å². The van der Waals surface area contributed by atoms with Gasteiger partial charge in [0.2, 0.25) is 9.70 Å². The standard InChI is InChI=1S/C22H21Cl3N4O2S2/c23-22(24,25)21(27-19(30)12-11-16-6-2-1-3-7-16)28-31-14-32-15-33-29-18-10-4-8-17-9-5-13-26-20(17)18/h1-13,21,28-29H,14-15H2,(H,27,30). The number of para-hydroxylation sites is 1. The molecule has 33 heavy (non-hydrogen) atoms. The van der Waals surface area contributed by atoms with Crippen molar-refractivity contribution >= 4 is 87.1 Å². The van der Waals surface area contributed by atoms with Gasteiger partial charge in [0.05, 0.1) is 16.3 Å². The summed E-state index contributed by atoms with van der Waals surface area (Å²) in [6.07, 6.45) is 3.75. The van der Waals surface area contributed by atoms with Gasteiger partial charge in [-0.15, -0.1) is 11.8 Å². The molecule has 2 aromatic carbocycles. The second-order valence-electron chi connectivity index (χ2n) is 6.56. The summed E-state index contributed by atoms with van der Waals surface area (Å²) in [5.41, 5.74) is 5.34. The maximum Gasteiger partial charge on any atom is 0.245 e. The van der Waals surface area contributed by atoms with Gasteiger partial charge in [-0.25, -0.2) is 0 Å². The van der Waals surface area contributed by atoms with Crippen LogP contribution >= 0.6 is 58.5 Å². The molecule has 3 rings (SSSR count). The Labute approximate surface area is 215 Å². The van der Waals surface area contributed by atoms with Crippen molar-refractivity contribution in [3.05, 3.63) is 78.5 Å². The number of hydroxylamine groups is 1. The number of amides is 1. The number of nitrogens with zero attached hydrogens (tertiary/aromatic N) is 1. The van der Waals surface area contributed by atoms with Gasteiger partial charge in [0, 0.05) is 17.7 Å². The zero-order valence-electron chi connectivity index (χ0n) is 17.2. The number of anilines is 1. The van der Waals surface area contributed by atoms with E-state index in [1.54, 1.807) is 12.3 Å². The Morgan fingerprint density at radius 3 is 2.67 bits per heavy atom. The van der Waals surface area contributed by atoms with Gasteiger partial charge in [-0.2, -0.15) is 5.48 Å². The van der Waals surface area contributed by atoms with Crippen molar-refractivity contribution in [1.29, 1.82) is 0 Å². The first-order valence-electron chi connectivity index (χ1n) is 9.70. The summed E-state index contributed by atoms with van der Waals surface area (Å²) in [6.45, 7) is 0. The minimum atomic E-state index is -1.81. The lowest BCUT2D eigenvalue weighted by atomic mass is 10.2. The molecule has 1 heterocycles. The Balaban J connectivity index is 1.38. The van der Waals surface area contributed by atoms with E-state index < -0.39 is 15.9 Å². The maximum atomic E-state index is 12.2. The van der Waals surface area contributed by atoms with Crippen molar-refractivity contribution < 1.29 is 9.63 Å². The number of benzene rings is 2. The molecular formula is C22H21Cl3N4O2S2. The summed E-state index contributed by atoms with van der Waals surface area (Å²) in [4.78, 5) is 22.0. The number of carbonyl (C=O) groups is 1. The van der Waals surface area contributed by atoms with Crippen LogP contribution in [0.4, 0.5) is 5.69 Å². The van der Waals surface area contributed by atoms with Crippen LogP contribution in [0, 0.1) is 0 Å². The normalized spacial score (nSPS) is 12.7. The van der Waals surface area contributed by atoms with Crippen molar-refractivity contribution in [3.8, 4) is 0 Å². The number of fused-ring (bicyclic) bond motifs is 1. The van der Waals surface area contributed by atoms with Crippen LogP contribution in [0.25, 0.3) is 17.0 Å². The van der Waals surface area contributed by atoms with Crippen LogP contribution in [0.1, 0.15) is 5.56 Å². The highest BCUT2D eigenvalue weighted by atomic mass is 35.6. The zero-order chi connectivity index (χ0) is 23.5. The largest absolute Gasteiger partial charge is 0.331 e. The summed E-state index contributed by atoms with van der Waals surface area (Å²) >= 11 is 20.9. The highest BCUT2D eigenvalue weighted by Gasteiger charge is 2.33. The highest BCUT2D eigenvalue weighted by molar-refractivity contribution is 8.16. The van der Waals surface area contributed by atoms with Gasteiger partial charge >= 0.3 is 0 Å². The first-order valence-corrected chi connectivity index (χ1v) is 13.0. The molecule has 174 valence electrons. The van der Waals surface area contributed by atoms with Crippen molar-refractivity contribution in [2.24, 2.45) is 0 Å². The second-order valence-corrected chi connectivity index (χ2v) is 11.0. The summed E-state index contributed by atoms with van der Waals surface area (Å²) < 4.78 is 1.49. The molecule has 3 aromatic rings. The van der Waals surface area contributed by atoms with Gasteiger partial charge in [-0.1, -0.05) is 83.3 Å². The number of aromatic nitrogens is 1. The molecule has 0 aliphatic heterocycles. The fourth-order valence-corrected chi connectivity index (χ4v) is 4.24. The Hall–Kier alpha value is -1.65. The molecule has 1 aromatic heterocycles. The highest BCUT2D eigenvalue weighted by Crippen LogP contribution is 2.29. The van der Waals surface area contributed by atoms with E-state index >= 15 is 0 Å². The van der Waals surface area contributed by atoms with Gasteiger partial charge in [0.25, 0.3) is 0 Å². The number of rotatable bonds is 11. The number of carbonyl (C=O) groups excluding carboxylic acids is 1. The van der Waals surface area contributed by atoms with E-state index in [1.807, 2.05) is 60.7 Å². The van der Waals surface area contributed by atoms with Gasteiger partial charge < -0.3 is 10.0 Å². The molecule has 0 fully saturated rings. The van der Waals surface area contributed by atoms with Crippen LogP contribution in [0.2, 0.25) is 0 Å². The van der Waals surface area contributed by atoms with E-state index in [-0.39, 0.29) is 5.94 Å². The lowest BCUT2D eigenvalue weighted by Gasteiger charge is -2.25. The van der Waals surface area contributed by atoms with E-state index in [0.717, 1.165) is 22.2 Å². The third kappa shape index (κ3) is 8.90. The molecule has 1 atom stereocenters. The Morgan fingerprint density at radius 1 is 1.09 bits per heavy atom. The zero-order valence-corrected chi connectivity index (χ0v) is 21.1. The minimum Gasteiger partial charge on any atom is -0.331 e. The molecule has 0 spiro atoms. The molecule has 0 saturated carbocycles.